The lowest BCUT2D eigenvalue weighted by molar-refractivity contribution is -0.172. The maximum absolute atomic E-state index is 13.4. The molecule has 3 aromatic rings. The Kier molecular flexibility index (Phi) is 6.15. The summed E-state index contributed by atoms with van der Waals surface area (Å²) in [5.74, 6) is -1.83. The van der Waals surface area contributed by atoms with Crippen LogP contribution in [0.5, 0.6) is 0 Å². The van der Waals surface area contributed by atoms with Gasteiger partial charge in [-0.05, 0) is 54.3 Å². The van der Waals surface area contributed by atoms with E-state index >= 15 is 0 Å². The molecular weight excluding hydrogens is 490 g/mol. The van der Waals surface area contributed by atoms with Gasteiger partial charge in [-0.3, -0.25) is 9.59 Å². The zero-order chi connectivity index (χ0) is 27.4. The van der Waals surface area contributed by atoms with E-state index in [2.05, 4.69) is 5.32 Å². The molecule has 1 atom stereocenters. The maximum atomic E-state index is 13.4. The number of esters is 2. The van der Waals surface area contributed by atoms with Crippen LogP contribution in [0.3, 0.4) is 0 Å². The SMILES string of the molecule is CCc1cc(/C=C(\NC(C)=O)C(=O)OC)cc2cc3c(nc12)-c1cc2c(c(=O)n1C3)COC(=O)[C@]2(O)CC. The molecule has 10 heteroatoms. The van der Waals surface area contributed by atoms with Crippen LogP contribution in [0.4, 0.5) is 0 Å². The molecule has 196 valence electrons. The van der Waals surface area contributed by atoms with Crippen LogP contribution >= 0.6 is 0 Å². The molecule has 0 bridgehead atoms. The number of carbonyl (C=O) groups excluding carboxylic acids is 3. The van der Waals surface area contributed by atoms with Crippen molar-refractivity contribution in [2.45, 2.75) is 52.4 Å². The van der Waals surface area contributed by atoms with Crippen LogP contribution in [0.1, 0.15) is 55.0 Å². The zero-order valence-corrected chi connectivity index (χ0v) is 21.5. The number of cyclic esters (lactones) is 1. The molecule has 0 fully saturated rings. The molecule has 1 aromatic carbocycles. The van der Waals surface area contributed by atoms with Crippen molar-refractivity contribution < 1.29 is 29.0 Å². The number of hydrogen-bond donors (Lipinski definition) is 2. The zero-order valence-electron chi connectivity index (χ0n) is 21.5. The highest BCUT2D eigenvalue weighted by molar-refractivity contribution is 5.98. The molecule has 0 radical (unpaired) electrons. The number of amides is 1. The van der Waals surface area contributed by atoms with Gasteiger partial charge in [0.05, 0.1) is 36.1 Å². The van der Waals surface area contributed by atoms with Gasteiger partial charge in [0.1, 0.15) is 12.3 Å². The summed E-state index contributed by atoms with van der Waals surface area (Å²) in [5.41, 5.74) is 2.61. The van der Waals surface area contributed by atoms with Gasteiger partial charge in [0.15, 0.2) is 5.60 Å². The lowest BCUT2D eigenvalue weighted by Crippen LogP contribution is -2.44. The van der Waals surface area contributed by atoms with Crippen molar-refractivity contribution in [1.82, 2.24) is 14.9 Å². The Labute approximate surface area is 217 Å². The maximum Gasteiger partial charge on any atom is 0.354 e. The minimum absolute atomic E-state index is 0.0141. The number of rotatable bonds is 5. The average Bonchev–Trinajstić information content (AvgIpc) is 3.26. The van der Waals surface area contributed by atoms with Gasteiger partial charge in [0.25, 0.3) is 5.56 Å². The largest absolute Gasteiger partial charge is 0.464 e. The number of nitrogens with zero attached hydrogens (tertiary/aromatic N) is 2. The monoisotopic (exact) mass is 517 g/mol. The number of methoxy groups -OCH3 is 1. The van der Waals surface area contributed by atoms with Gasteiger partial charge >= 0.3 is 11.9 Å². The number of aryl methyl sites for hydroxylation is 1. The van der Waals surface area contributed by atoms with Gasteiger partial charge < -0.3 is 24.5 Å². The summed E-state index contributed by atoms with van der Waals surface area (Å²) in [7, 11) is 1.24. The van der Waals surface area contributed by atoms with E-state index in [1.165, 1.54) is 14.0 Å². The van der Waals surface area contributed by atoms with Crippen LogP contribution in [0, 0.1) is 0 Å². The molecule has 2 aliphatic heterocycles. The Hall–Kier alpha value is -4.31. The third kappa shape index (κ3) is 3.88. The smallest absolute Gasteiger partial charge is 0.354 e. The van der Waals surface area contributed by atoms with Crippen LogP contribution in [-0.2, 0) is 49.0 Å². The minimum Gasteiger partial charge on any atom is -0.464 e. The molecule has 1 amide bonds. The molecule has 0 saturated carbocycles. The van der Waals surface area contributed by atoms with Crippen LogP contribution in [0.25, 0.3) is 28.4 Å². The highest BCUT2D eigenvalue weighted by Crippen LogP contribution is 2.39. The number of nitrogens with one attached hydrogen (secondary N) is 1. The second-order valence-electron chi connectivity index (χ2n) is 9.44. The number of fused-ring (bicyclic) bond motifs is 5. The predicted octanol–water partition coefficient (Wildman–Crippen LogP) is 2.29. The van der Waals surface area contributed by atoms with E-state index in [1.54, 1.807) is 23.6 Å². The van der Waals surface area contributed by atoms with E-state index in [-0.39, 0.29) is 42.0 Å². The summed E-state index contributed by atoms with van der Waals surface area (Å²) < 4.78 is 11.5. The Morgan fingerprint density at radius 1 is 1.24 bits per heavy atom. The summed E-state index contributed by atoms with van der Waals surface area (Å²) in [6, 6.07) is 7.37. The van der Waals surface area contributed by atoms with Crippen molar-refractivity contribution in [3.8, 4) is 11.4 Å². The number of aromatic nitrogens is 2. The predicted molar refractivity (Wildman–Crippen MR) is 138 cm³/mol. The van der Waals surface area contributed by atoms with Crippen molar-refractivity contribution in [3.05, 3.63) is 68.1 Å². The Morgan fingerprint density at radius 3 is 2.66 bits per heavy atom. The van der Waals surface area contributed by atoms with Crippen molar-refractivity contribution in [2.24, 2.45) is 0 Å². The van der Waals surface area contributed by atoms with Crippen LogP contribution in [-0.4, -0.2) is 39.6 Å². The fourth-order valence-electron chi connectivity index (χ4n) is 5.16. The second kappa shape index (κ2) is 9.21. The molecule has 0 aliphatic carbocycles. The molecule has 2 N–H and O–H groups in total. The number of aliphatic hydroxyl groups is 1. The van der Waals surface area contributed by atoms with E-state index in [1.807, 2.05) is 25.1 Å². The Balaban J connectivity index is 1.68. The third-order valence-corrected chi connectivity index (χ3v) is 7.12. The summed E-state index contributed by atoms with van der Waals surface area (Å²) in [4.78, 5) is 54.5. The first-order chi connectivity index (χ1) is 18.1. The van der Waals surface area contributed by atoms with Gasteiger partial charge in [-0.15, -0.1) is 0 Å². The highest BCUT2D eigenvalue weighted by Gasteiger charge is 2.45. The molecule has 0 saturated heterocycles. The average molecular weight is 518 g/mol. The lowest BCUT2D eigenvalue weighted by atomic mass is 9.86. The fourth-order valence-corrected chi connectivity index (χ4v) is 5.16. The van der Waals surface area contributed by atoms with Crippen LogP contribution in [0.15, 0.2) is 34.8 Å². The van der Waals surface area contributed by atoms with Crippen molar-refractivity contribution in [1.29, 1.82) is 0 Å². The quantitative estimate of drug-likeness (QED) is 0.304. The molecule has 2 aromatic heterocycles. The molecule has 0 spiro atoms. The van der Waals surface area contributed by atoms with Gasteiger partial charge in [-0.25, -0.2) is 14.6 Å². The standard InChI is InChI=1S/C28H27N3O7/c1-5-16-7-15(9-21(26(34)37-4)29-14(3)32)8-17-10-18-12-31-22(24(18)30-23(16)17)11-20-19(25(31)33)13-38-27(35)28(20,36)6-2/h7-11,36H,5-6,12-13H2,1-4H3,(H,29,32)/b21-9-/t28-/m0/s1. The molecule has 2 aliphatic rings. The first kappa shape index (κ1) is 25.3. The first-order valence-electron chi connectivity index (χ1n) is 12.3. The van der Waals surface area contributed by atoms with Gasteiger partial charge in [0, 0.05) is 23.4 Å². The second-order valence-corrected chi connectivity index (χ2v) is 9.44. The topological polar surface area (TPSA) is 137 Å². The molecule has 38 heavy (non-hydrogen) atoms. The fraction of sp³-hybridized carbons (Fsp3) is 0.321. The van der Waals surface area contributed by atoms with E-state index < -0.39 is 23.4 Å². The minimum atomic E-state index is -1.89. The number of carbonyl (C=O) groups is 3. The summed E-state index contributed by atoms with van der Waals surface area (Å²) >= 11 is 0. The first-order valence-corrected chi connectivity index (χ1v) is 12.3. The van der Waals surface area contributed by atoms with Crippen molar-refractivity contribution in [3.63, 3.8) is 0 Å². The molecule has 0 unspecified atom stereocenters. The summed E-state index contributed by atoms with van der Waals surface area (Å²) in [6.45, 7) is 5.04. The van der Waals surface area contributed by atoms with Crippen molar-refractivity contribution in [2.75, 3.05) is 7.11 Å². The summed E-state index contributed by atoms with van der Waals surface area (Å²) in [6.07, 6.45) is 2.26. The number of hydrogen-bond acceptors (Lipinski definition) is 8. The van der Waals surface area contributed by atoms with E-state index in [9.17, 15) is 24.3 Å². The normalized spacial score (nSPS) is 17.9. The van der Waals surface area contributed by atoms with E-state index in [4.69, 9.17) is 14.5 Å². The van der Waals surface area contributed by atoms with Gasteiger partial charge in [-0.1, -0.05) is 13.8 Å². The lowest BCUT2D eigenvalue weighted by Gasteiger charge is -2.31. The molecule has 10 nitrogen and oxygen atoms in total. The Morgan fingerprint density at radius 2 is 2.00 bits per heavy atom. The van der Waals surface area contributed by atoms with E-state index in [0.717, 1.165) is 22.0 Å². The van der Waals surface area contributed by atoms with Crippen LogP contribution in [0.2, 0.25) is 0 Å². The van der Waals surface area contributed by atoms with Crippen LogP contribution < -0.4 is 10.9 Å². The highest BCUT2D eigenvalue weighted by atomic mass is 16.6. The number of benzene rings is 1. The number of ether oxygens (including phenoxy) is 2. The van der Waals surface area contributed by atoms with Gasteiger partial charge in [-0.2, -0.15) is 0 Å². The van der Waals surface area contributed by atoms with Gasteiger partial charge in [0.2, 0.25) is 5.91 Å². The number of pyridine rings is 2. The molecular formula is C28H27N3O7. The van der Waals surface area contributed by atoms with Crippen molar-refractivity contribution >= 4 is 34.8 Å². The van der Waals surface area contributed by atoms with E-state index in [0.29, 0.717) is 23.4 Å². The molecule has 4 heterocycles. The third-order valence-electron chi connectivity index (χ3n) is 7.12. The summed E-state index contributed by atoms with van der Waals surface area (Å²) in [5, 5.41) is 14.4. The molecule has 5 rings (SSSR count). The Bertz CT molecular complexity index is 1640.